The van der Waals surface area contributed by atoms with E-state index < -0.39 is 0 Å². The van der Waals surface area contributed by atoms with Crippen LogP contribution in [0.4, 0.5) is 11.4 Å². The lowest BCUT2D eigenvalue weighted by molar-refractivity contribution is 0.0981. The number of halogens is 3. The summed E-state index contributed by atoms with van der Waals surface area (Å²) >= 11 is 16.9. The van der Waals surface area contributed by atoms with Gasteiger partial charge >= 0.3 is 0 Å². The zero-order valence-corrected chi connectivity index (χ0v) is 34.5. The molecule has 19 heteroatoms. The first-order valence-electron chi connectivity index (χ1n) is 18.3. The number of alkyl halides is 1. The Morgan fingerprint density at radius 1 is 0.532 bits per heavy atom. The Bertz CT molecular complexity index is 2680. The number of fused-ring (bicyclic) bond motifs is 4. The van der Waals surface area contributed by atoms with Crippen molar-refractivity contribution in [2.24, 2.45) is 0 Å². The first-order chi connectivity index (χ1) is 29.2. The minimum absolute atomic E-state index is 0. The predicted molar refractivity (Wildman–Crippen MR) is 241 cm³/mol. The molecule has 6 aromatic heterocycles. The molecule has 0 spiro atoms. The molecule has 0 unspecified atom stereocenters. The standard InChI is InChI=1S/2C20H15ClN6O2.CH3Cl.2CH4/c2*1-12-22-9-15(10-23-12)26-5-4-13-8-14(2-3-16(13)26)27-6-7-29-19-17(20(27)28)18(21)24-11-25-19;1-2;;/h2*2-5,8-11H,6-7H2,1H3;1H3;2*1H4. The van der Waals surface area contributed by atoms with Gasteiger partial charge in [0, 0.05) is 40.9 Å². The maximum atomic E-state index is 13.1. The third kappa shape index (κ3) is 8.70. The second kappa shape index (κ2) is 19.3. The molecular weight excluding hydrogens is 855 g/mol. The molecule has 0 radical (unpaired) electrons. The highest BCUT2D eigenvalue weighted by Gasteiger charge is 2.30. The molecule has 62 heavy (non-hydrogen) atoms. The molecule has 16 nitrogen and oxygen atoms in total. The molecule has 0 aliphatic carbocycles. The Labute approximate surface area is 372 Å². The molecule has 0 bridgehead atoms. The van der Waals surface area contributed by atoms with Crippen molar-refractivity contribution in [2.75, 3.05) is 42.5 Å². The number of hydrogen-bond donors (Lipinski definition) is 0. The number of aromatic nitrogens is 10. The van der Waals surface area contributed by atoms with Gasteiger partial charge in [0.15, 0.2) is 0 Å². The highest BCUT2D eigenvalue weighted by Crippen LogP contribution is 2.33. The fourth-order valence-corrected chi connectivity index (χ4v) is 7.19. The van der Waals surface area contributed by atoms with Crippen molar-refractivity contribution < 1.29 is 19.1 Å². The maximum absolute atomic E-state index is 13.1. The third-order valence-corrected chi connectivity index (χ3v) is 10.2. The molecule has 2 aliphatic heterocycles. The van der Waals surface area contributed by atoms with Gasteiger partial charge in [-0.05, 0) is 62.4 Å². The smallest absolute Gasteiger partial charge is 0.267 e. The van der Waals surface area contributed by atoms with Crippen molar-refractivity contribution in [3.8, 4) is 23.1 Å². The fraction of sp³-hybridized carbons (Fsp3) is 0.209. The van der Waals surface area contributed by atoms with Crippen molar-refractivity contribution in [1.82, 2.24) is 49.0 Å². The Balaban J connectivity index is 0.000000193. The van der Waals surface area contributed by atoms with Crippen LogP contribution >= 0.6 is 34.8 Å². The highest BCUT2D eigenvalue weighted by atomic mass is 35.5. The second-order valence-electron chi connectivity index (χ2n) is 13.1. The Hall–Kier alpha value is -6.75. The highest BCUT2D eigenvalue weighted by molar-refractivity contribution is 6.34. The number of carbonyl (C=O) groups excluding carboxylic acids is 2. The van der Waals surface area contributed by atoms with Gasteiger partial charge in [0.05, 0.1) is 60.3 Å². The number of carbonyl (C=O) groups is 2. The van der Waals surface area contributed by atoms with Crippen LogP contribution in [-0.4, -0.2) is 93.5 Å². The molecule has 8 aromatic rings. The minimum atomic E-state index is -0.284. The maximum Gasteiger partial charge on any atom is 0.267 e. The average molecular weight is 896 g/mol. The summed E-state index contributed by atoms with van der Waals surface area (Å²) in [6.45, 7) is 5.08. The van der Waals surface area contributed by atoms with E-state index in [9.17, 15) is 9.59 Å². The quantitative estimate of drug-likeness (QED) is 0.122. The summed E-state index contributed by atoms with van der Waals surface area (Å²) in [7, 11) is 0. The lowest BCUT2D eigenvalue weighted by atomic mass is 10.2. The first kappa shape index (κ1) is 44.8. The molecule has 318 valence electrons. The topological polar surface area (TPSA) is 172 Å². The van der Waals surface area contributed by atoms with Gasteiger partial charge in [-0.25, -0.2) is 39.9 Å². The van der Waals surface area contributed by atoms with E-state index in [-0.39, 0.29) is 59.9 Å². The number of hydrogen-bond acceptors (Lipinski definition) is 12. The van der Waals surface area contributed by atoms with E-state index in [1.54, 1.807) is 34.6 Å². The summed E-state index contributed by atoms with van der Waals surface area (Å²) < 4.78 is 15.2. The van der Waals surface area contributed by atoms with Crippen molar-refractivity contribution in [2.45, 2.75) is 28.7 Å². The number of aryl methyl sites for hydroxylation is 2. The molecule has 0 atom stereocenters. The van der Waals surface area contributed by atoms with Crippen LogP contribution in [0.25, 0.3) is 33.2 Å². The zero-order chi connectivity index (χ0) is 41.9. The van der Waals surface area contributed by atoms with E-state index in [2.05, 4.69) is 51.5 Å². The minimum Gasteiger partial charge on any atom is -0.475 e. The SMILES string of the molecule is C.C.CCl.Cc1ncc(-n2ccc3cc(N4CCOc5ncnc(Cl)c5C4=O)ccc32)cn1.Cc1ncc(-n2ccc3cc(N4CCOc5ncnc(Cl)c5C4=O)ccc32)cn1. The molecule has 0 saturated carbocycles. The summed E-state index contributed by atoms with van der Waals surface area (Å²) in [6.07, 6.45) is 15.1. The fourth-order valence-electron chi connectivity index (χ4n) is 6.78. The molecule has 2 aliphatic rings. The molecule has 8 heterocycles. The monoisotopic (exact) mass is 894 g/mol. The van der Waals surface area contributed by atoms with Gasteiger partial charge in [0.1, 0.15) is 59.0 Å². The number of nitrogens with zero attached hydrogens (tertiary/aromatic N) is 12. The Morgan fingerprint density at radius 3 is 1.31 bits per heavy atom. The van der Waals surface area contributed by atoms with Crippen LogP contribution in [0, 0.1) is 13.8 Å². The van der Waals surface area contributed by atoms with E-state index >= 15 is 0 Å². The van der Waals surface area contributed by atoms with Crippen LogP contribution in [0.5, 0.6) is 11.8 Å². The second-order valence-corrected chi connectivity index (χ2v) is 13.9. The number of amides is 2. The number of ether oxygens (including phenoxy) is 2. The van der Waals surface area contributed by atoms with Gasteiger partial charge in [-0.1, -0.05) is 38.1 Å². The zero-order valence-electron chi connectivity index (χ0n) is 32.2. The third-order valence-electron chi connectivity index (χ3n) is 9.62. The molecule has 0 N–H and O–H groups in total. The summed E-state index contributed by atoms with van der Waals surface area (Å²) in [4.78, 5) is 62.4. The van der Waals surface area contributed by atoms with E-state index in [0.717, 1.165) is 56.2 Å². The summed E-state index contributed by atoms with van der Waals surface area (Å²) in [6, 6.07) is 15.6. The van der Waals surface area contributed by atoms with Crippen LogP contribution in [0.1, 0.15) is 47.2 Å². The predicted octanol–water partition coefficient (Wildman–Crippen LogP) is 8.55. The normalized spacial score (nSPS) is 13.1. The number of benzene rings is 2. The van der Waals surface area contributed by atoms with Gasteiger partial charge in [0.25, 0.3) is 11.8 Å². The molecule has 0 saturated heterocycles. The first-order valence-corrected chi connectivity index (χ1v) is 19.8. The summed E-state index contributed by atoms with van der Waals surface area (Å²) in [5.41, 5.74) is 5.57. The summed E-state index contributed by atoms with van der Waals surface area (Å²) in [5.74, 6) is 1.30. The summed E-state index contributed by atoms with van der Waals surface area (Å²) in [5, 5.41) is 2.13. The lowest BCUT2D eigenvalue weighted by Crippen LogP contribution is -2.32. The van der Waals surface area contributed by atoms with Crippen LogP contribution in [0.3, 0.4) is 0 Å². The van der Waals surface area contributed by atoms with E-state index in [0.29, 0.717) is 26.3 Å². The molecular formula is C43H41Cl3N12O4. The number of rotatable bonds is 4. The van der Waals surface area contributed by atoms with Crippen LogP contribution in [-0.2, 0) is 0 Å². The number of anilines is 2. The van der Waals surface area contributed by atoms with Gasteiger partial charge in [-0.3, -0.25) is 9.59 Å². The van der Waals surface area contributed by atoms with Crippen LogP contribution < -0.4 is 19.3 Å². The van der Waals surface area contributed by atoms with Gasteiger partial charge in [-0.15, -0.1) is 11.6 Å². The molecule has 2 aromatic carbocycles. The van der Waals surface area contributed by atoms with Crippen molar-refractivity contribution in [3.63, 3.8) is 0 Å². The van der Waals surface area contributed by atoms with Gasteiger partial charge in [-0.2, -0.15) is 0 Å². The molecule has 2 amide bonds. The average Bonchev–Trinajstić information content (AvgIpc) is 3.79. The largest absolute Gasteiger partial charge is 0.475 e. The lowest BCUT2D eigenvalue weighted by Gasteiger charge is -2.20. The Kier molecular flexibility index (Phi) is 14.0. The van der Waals surface area contributed by atoms with Crippen molar-refractivity contribution in [1.29, 1.82) is 0 Å². The Morgan fingerprint density at radius 2 is 0.919 bits per heavy atom. The van der Waals surface area contributed by atoms with Crippen LogP contribution in [0.15, 0.2) is 98.4 Å². The molecule has 0 fully saturated rings. The van der Waals surface area contributed by atoms with Crippen LogP contribution in [0.2, 0.25) is 10.3 Å². The van der Waals surface area contributed by atoms with Gasteiger partial charge in [0.2, 0.25) is 11.8 Å². The van der Waals surface area contributed by atoms with E-state index in [4.69, 9.17) is 32.7 Å². The van der Waals surface area contributed by atoms with Crippen molar-refractivity contribution in [3.05, 3.63) is 131 Å². The molecule has 10 rings (SSSR count). The van der Waals surface area contributed by atoms with E-state index in [1.165, 1.54) is 19.0 Å². The van der Waals surface area contributed by atoms with Crippen molar-refractivity contribution >= 4 is 79.8 Å². The van der Waals surface area contributed by atoms with E-state index in [1.807, 2.05) is 83.9 Å². The van der Waals surface area contributed by atoms with Gasteiger partial charge < -0.3 is 28.4 Å².